The van der Waals surface area contributed by atoms with Crippen molar-refractivity contribution in [1.29, 1.82) is 0 Å². The average molecular weight is 618 g/mol. The van der Waals surface area contributed by atoms with Crippen LogP contribution in [0.5, 0.6) is 0 Å². The van der Waals surface area contributed by atoms with Gasteiger partial charge in [0.25, 0.3) is 11.8 Å². The van der Waals surface area contributed by atoms with Gasteiger partial charge >= 0.3 is 11.9 Å². The Morgan fingerprint density at radius 3 is 2.48 bits per heavy atom. The van der Waals surface area contributed by atoms with Crippen LogP contribution < -0.4 is 16.8 Å². The van der Waals surface area contributed by atoms with Crippen molar-refractivity contribution >= 4 is 57.9 Å². The van der Waals surface area contributed by atoms with Crippen molar-refractivity contribution in [1.82, 2.24) is 19.6 Å². The lowest BCUT2D eigenvalue weighted by atomic mass is 9.98. The Bertz CT molecular complexity index is 1430. The van der Waals surface area contributed by atoms with E-state index in [2.05, 4.69) is 19.8 Å². The molecule has 14 nitrogen and oxygen atoms in total. The molecule has 1 aromatic heterocycles. The van der Waals surface area contributed by atoms with Crippen LogP contribution in [-0.2, 0) is 46.6 Å². The molecule has 42 heavy (non-hydrogen) atoms. The Balaban J connectivity index is 1.42. The van der Waals surface area contributed by atoms with Gasteiger partial charge in [0, 0.05) is 23.8 Å². The standard InChI is InChI=1S/C26H31N7O7S2/c1-13-11-41-22-17(21(35)33(22)18(13)23(36)38-12-39-24(37)26(2,3)4)29-20(34)16(19-30-25(28)42-32-19)31-40-10-15-7-5-14(9-27)6-8-15/h5-8,17,22H,9-12,27H2,1-4H3,(H,29,34)(H2,28,30,32)/t17?,22-/m1/s1. The van der Waals surface area contributed by atoms with Crippen LogP contribution in [0.3, 0.4) is 0 Å². The van der Waals surface area contributed by atoms with Gasteiger partial charge in [0.1, 0.15) is 23.7 Å². The second kappa shape index (κ2) is 12.9. The number of fused-ring (bicyclic) bond motifs is 1. The number of amides is 2. The van der Waals surface area contributed by atoms with Gasteiger partial charge in [-0.2, -0.15) is 9.36 Å². The second-order valence-electron chi connectivity index (χ2n) is 10.4. The highest BCUT2D eigenvalue weighted by Gasteiger charge is 2.54. The van der Waals surface area contributed by atoms with E-state index in [-0.39, 0.29) is 29.0 Å². The molecule has 0 spiro atoms. The van der Waals surface area contributed by atoms with Gasteiger partial charge in [-0.15, -0.1) is 11.8 Å². The minimum Gasteiger partial charge on any atom is -0.427 e. The van der Waals surface area contributed by atoms with Crippen molar-refractivity contribution in [3.63, 3.8) is 0 Å². The summed E-state index contributed by atoms with van der Waals surface area (Å²) in [4.78, 5) is 62.0. The molecule has 2 aliphatic rings. The molecule has 1 fully saturated rings. The van der Waals surface area contributed by atoms with Gasteiger partial charge in [-0.25, -0.2) is 4.79 Å². The van der Waals surface area contributed by atoms with E-state index in [4.69, 9.17) is 25.8 Å². The summed E-state index contributed by atoms with van der Waals surface area (Å²) in [5.74, 6) is -2.28. The fourth-order valence-corrected chi connectivity index (χ4v) is 5.58. The Morgan fingerprint density at radius 1 is 1.17 bits per heavy atom. The number of nitrogens with two attached hydrogens (primary N) is 2. The molecule has 0 radical (unpaired) electrons. The molecule has 1 saturated heterocycles. The lowest BCUT2D eigenvalue weighted by Gasteiger charge is -2.49. The normalized spacial score (nSPS) is 18.6. The number of ether oxygens (including phenoxy) is 2. The van der Waals surface area contributed by atoms with Crippen LogP contribution in [0, 0.1) is 5.41 Å². The first-order valence-electron chi connectivity index (χ1n) is 12.8. The first-order valence-corrected chi connectivity index (χ1v) is 14.6. The zero-order chi connectivity index (χ0) is 30.6. The van der Waals surface area contributed by atoms with E-state index >= 15 is 0 Å². The molecule has 2 aliphatic heterocycles. The second-order valence-corrected chi connectivity index (χ2v) is 12.3. The molecule has 0 aliphatic carbocycles. The van der Waals surface area contributed by atoms with Crippen molar-refractivity contribution in [2.75, 3.05) is 18.3 Å². The van der Waals surface area contributed by atoms with Crippen molar-refractivity contribution in [2.45, 2.75) is 52.3 Å². The number of oxime groups is 1. The van der Waals surface area contributed by atoms with Crippen LogP contribution in [0.1, 0.15) is 44.6 Å². The number of hydrogen-bond donors (Lipinski definition) is 3. The Kier molecular flexibility index (Phi) is 9.48. The molecule has 3 heterocycles. The predicted octanol–water partition coefficient (Wildman–Crippen LogP) is 1.26. The lowest BCUT2D eigenvalue weighted by Crippen LogP contribution is -2.71. The number of aromatic nitrogens is 2. The molecule has 5 N–H and O–H groups in total. The molecule has 16 heteroatoms. The van der Waals surface area contributed by atoms with Crippen LogP contribution in [0.15, 0.2) is 40.7 Å². The average Bonchev–Trinajstić information content (AvgIpc) is 3.38. The number of esters is 2. The molecule has 4 rings (SSSR count). The molecular formula is C26H31N7O7S2. The fourth-order valence-electron chi connectivity index (χ4n) is 3.85. The van der Waals surface area contributed by atoms with Crippen molar-refractivity contribution in [3.05, 3.63) is 52.5 Å². The number of rotatable bonds is 10. The van der Waals surface area contributed by atoms with Crippen LogP contribution >= 0.6 is 23.3 Å². The number of hydrogen-bond acceptors (Lipinski definition) is 14. The van der Waals surface area contributed by atoms with Gasteiger partial charge in [-0.05, 0) is 44.4 Å². The van der Waals surface area contributed by atoms with E-state index in [0.717, 1.165) is 22.7 Å². The van der Waals surface area contributed by atoms with Crippen LogP contribution in [0.4, 0.5) is 5.13 Å². The van der Waals surface area contributed by atoms with E-state index < -0.39 is 47.4 Å². The van der Waals surface area contributed by atoms with Gasteiger partial charge in [0.05, 0.1) is 5.41 Å². The topological polar surface area (TPSA) is 201 Å². The maximum absolute atomic E-state index is 13.3. The summed E-state index contributed by atoms with van der Waals surface area (Å²) in [7, 11) is 0. The maximum Gasteiger partial charge on any atom is 0.357 e. The summed E-state index contributed by atoms with van der Waals surface area (Å²) in [6.45, 7) is 6.57. The van der Waals surface area contributed by atoms with E-state index in [0.29, 0.717) is 17.9 Å². The molecule has 2 aromatic rings. The zero-order valence-electron chi connectivity index (χ0n) is 23.4. The molecule has 1 unspecified atom stereocenters. The SMILES string of the molecule is CC1=C(C(=O)OCOC(=O)C(C)(C)C)N2C(=O)C(NC(=O)C(=NOCc3ccc(CN)cc3)c3nsc(N)n3)[C@H]2SC1. The third kappa shape index (κ3) is 6.88. The number of nitrogens with zero attached hydrogens (tertiary/aromatic N) is 4. The molecule has 224 valence electrons. The number of carbonyl (C=O) groups is 4. The van der Waals surface area contributed by atoms with Gasteiger partial charge in [0.15, 0.2) is 5.13 Å². The quantitative estimate of drug-likeness (QED) is 0.113. The summed E-state index contributed by atoms with van der Waals surface area (Å²) in [6, 6.07) is 6.39. The first-order chi connectivity index (χ1) is 19.9. The largest absolute Gasteiger partial charge is 0.427 e. The minimum atomic E-state index is -0.970. The highest BCUT2D eigenvalue weighted by molar-refractivity contribution is 8.00. The number of carbonyl (C=O) groups excluding carboxylic acids is 4. The molecule has 1 aromatic carbocycles. The first kappa shape index (κ1) is 30.9. The fraction of sp³-hybridized carbons (Fsp3) is 0.423. The van der Waals surface area contributed by atoms with Gasteiger partial charge in [-0.1, -0.05) is 29.4 Å². The summed E-state index contributed by atoms with van der Waals surface area (Å²) in [6.07, 6.45) is 0. The van der Waals surface area contributed by atoms with E-state index in [9.17, 15) is 19.2 Å². The molecular weight excluding hydrogens is 586 g/mol. The van der Waals surface area contributed by atoms with Crippen LogP contribution in [-0.4, -0.2) is 67.7 Å². The smallest absolute Gasteiger partial charge is 0.357 e. The highest BCUT2D eigenvalue weighted by Crippen LogP contribution is 2.40. The van der Waals surface area contributed by atoms with Crippen molar-refractivity contribution in [2.24, 2.45) is 16.3 Å². The van der Waals surface area contributed by atoms with Gasteiger partial charge < -0.3 is 31.1 Å². The molecule has 0 bridgehead atoms. The van der Waals surface area contributed by atoms with E-state index in [1.165, 1.54) is 16.7 Å². The lowest BCUT2D eigenvalue weighted by molar-refractivity contribution is -0.173. The Morgan fingerprint density at radius 2 is 1.86 bits per heavy atom. The van der Waals surface area contributed by atoms with Crippen LogP contribution in [0.25, 0.3) is 0 Å². The predicted molar refractivity (Wildman–Crippen MR) is 154 cm³/mol. The Hall–Kier alpha value is -4.02. The number of benzene rings is 1. The number of nitrogens with one attached hydrogen (secondary N) is 1. The number of thioether (sulfide) groups is 1. The minimum absolute atomic E-state index is 0.0490. The summed E-state index contributed by atoms with van der Waals surface area (Å²) in [5.41, 5.74) is 12.7. The summed E-state index contributed by atoms with van der Waals surface area (Å²) in [5, 5.41) is 6.14. The van der Waals surface area contributed by atoms with E-state index in [1.54, 1.807) is 27.7 Å². The number of nitrogen functional groups attached to an aromatic ring is 1. The Labute approximate surface area is 250 Å². The third-order valence-corrected chi connectivity index (χ3v) is 8.11. The van der Waals surface area contributed by atoms with Gasteiger partial charge in [0.2, 0.25) is 18.3 Å². The molecule has 2 atom stereocenters. The van der Waals surface area contributed by atoms with Crippen molar-refractivity contribution in [3.8, 4) is 0 Å². The van der Waals surface area contributed by atoms with Crippen molar-refractivity contribution < 1.29 is 33.5 Å². The summed E-state index contributed by atoms with van der Waals surface area (Å²) >= 11 is 2.24. The molecule has 2 amide bonds. The molecule has 0 saturated carbocycles. The number of anilines is 1. The van der Waals surface area contributed by atoms with Crippen LogP contribution in [0.2, 0.25) is 0 Å². The van der Waals surface area contributed by atoms with Gasteiger partial charge in [-0.3, -0.25) is 19.3 Å². The zero-order valence-corrected chi connectivity index (χ0v) is 25.0. The third-order valence-electron chi connectivity index (χ3n) is 6.15. The summed E-state index contributed by atoms with van der Waals surface area (Å²) < 4.78 is 14.2. The van der Waals surface area contributed by atoms with E-state index in [1.807, 2.05) is 24.3 Å². The maximum atomic E-state index is 13.3. The highest BCUT2D eigenvalue weighted by atomic mass is 32.2. The number of β-lactam (4-membered cyclic amide) rings is 1. The monoisotopic (exact) mass is 617 g/mol.